The second kappa shape index (κ2) is 9.03. The predicted octanol–water partition coefficient (Wildman–Crippen LogP) is 2.27. The van der Waals surface area contributed by atoms with Crippen LogP contribution in [0.3, 0.4) is 0 Å². The Morgan fingerprint density at radius 3 is 2.67 bits per heavy atom. The van der Waals surface area contributed by atoms with Crippen molar-refractivity contribution in [2.45, 2.75) is 25.9 Å². The molecular formula is C14H22FNO2. The number of rotatable bonds is 9. The molecule has 0 spiro atoms. The lowest BCUT2D eigenvalue weighted by Crippen LogP contribution is -2.25. The maximum absolute atomic E-state index is 12.7. The summed E-state index contributed by atoms with van der Waals surface area (Å²) in [5.41, 5.74) is 0.718. The normalized spacial score (nSPS) is 12.6. The molecule has 0 aromatic heterocycles. The van der Waals surface area contributed by atoms with Crippen molar-refractivity contribution < 1.29 is 14.2 Å². The third-order valence-electron chi connectivity index (χ3n) is 2.66. The monoisotopic (exact) mass is 255 g/mol. The van der Waals surface area contributed by atoms with Crippen molar-refractivity contribution in [1.82, 2.24) is 5.32 Å². The molecule has 4 heteroatoms. The van der Waals surface area contributed by atoms with Gasteiger partial charge in [0, 0.05) is 19.7 Å². The fourth-order valence-corrected chi connectivity index (χ4v) is 1.53. The Labute approximate surface area is 108 Å². The molecule has 0 heterocycles. The van der Waals surface area contributed by atoms with Gasteiger partial charge >= 0.3 is 0 Å². The molecule has 1 aromatic rings. The van der Waals surface area contributed by atoms with E-state index >= 15 is 0 Å². The quantitative estimate of drug-likeness (QED) is 0.665. The van der Waals surface area contributed by atoms with Crippen LogP contribution >= 0.6 is 0 Å². The summed E-state index contributed by atoms with van der Waals surface area (Å²) in [7, 11) is 0. The van der Waals surface area contributed by atoms with Gasteiger partial charge in [0.05, 0.1) is 12.7 Å². The van der Waals surface area contributed by atoms with E-state index in [-0.39, 0.29) is 5.82 Å². The van der Waals surface area contributed by atoms with Gasteiger partial charge in [0.2, 0.25) is 0 Å². The Morgan fingerprint density at radius 1 is 1.28 bits per heavy atom. The molecule has 0 aliphatic heterocycles. The van der Waals surface area contributed by atoms with Crippen LogP contribution in [0.4, 0.5) is 4.39 Å². The number of unbranched alkanes of at least 4 members (excludes halogenated alkanes) is 1. The Morgan fingerprint density at radius 2 is 2.00 bits per heavy atom. The van der Waals surface area contributed by atoms with E-state index in [1.807, 2.05) is 0 Å². The summed E-state index contributed by atoms with van der Waals surface area (Å²) >= 11 is 0. The highest BCUT2D eigenvalue weighted by Gasteiger charge is 2.06. The summed E-state index contributed by atoms with van der Waals surface area (Å²) in [5, 5.41) is 12.9. The van der Waals surface area contributed by atoms with Gasteiger partial charge in [-0.05, 0) is 24.1 Å². The molecule has 1 atom stereocenters. The molecule has 0 aliphatic rings. The van der Waals surface area contributed by atoms with E-state index in [0.717, 1.165) is 25.0 Å². The minimum atomic E-state index is -0.610. The van der Waals surface area contributed by atoms with Gasteiger partial charge in [-0.15, -0.1) is 0 Å². The van der Waals surface area contributed by atoms with E-state index in [1.165, 1.54) is 12.1 Å². The fraction of sp³-hybridized carbons (Fsp3) is 0.571. The van der Waals surface area contributed by atoms with Crippen LogP contribution in [-0.4, -0.2) is 31.4 Å². The van der Waals surface area contributed by atoms with Gasteiger partial charge in [-0.1, -0.05) is 25.5 Å². The molecule has 102 valence electrons. The standard InChI is InChI=1S/C14H22FNO2/c1-2-3-9-18-10-8-16-11-14(17)12-4-6-13(15)7-5-12/h4-7,14,16-17H,2-3,8-11H2,1H3. The maximum Gasteiger partial charge on any atom is 0.123 e. The van der Waals surface area contributed by atoms with E-state index in [9.17, 15) is 9.50 Å². The van der Waals surface area contributed by atoms with Crippen LogP contribution in [0.25, 0.3) is 0 Å². The minimum absolute atomic E-state index is 0.289. The first-order valence-corrected chi connectivity index (χ1v) is 6.46. The number of aliphatic hydroxyl groups excluding tert-OH is 1. The lowest BCUT2D eigenvalue weighted by atomic mass is 10.1. The molecule has 0 bridgehead atoms. The summed E-state index contributed by atoms with van der Waals surface area (Å²) < 4.78 is 18.1. The summed E-state index contributed by atoms with van der Waals surface area (Å²) in [5.74, 6) is -0.289. The molecule has 0 fully saturated rings. The Hall–Kier alpha value is -0.970. The van der Waals surface area contributed by atoms with Gasteiger partial charge < -0.3 is 15.2 Å². The average Bonchev–Trinajstić information content (AvgIpc) is 2.38. The van der Waals surface area contributed by atoms with E-state index in [0.29, 0.717) is 19.7 Å². The predicted molar refractivity (Wildman–Crippen MR) is 70.0 cm³/mol. The molecule has 2 N–H and O–H groups in total. The minimum Gasteiger partial charge on any atom is -0.387 e. The van der Waals surface area contributed by atoms with Crippen molar-refractivity contribution in [3.05, 3.63) is 35.6 Å². The molecule has 1 unspecified atom stereocenters. The number of halogens is 1. The fourth-order valence-electron chi connectivity index (χ4n) is 1.53. The summed E-state index contributed by atoms with van der Waals surface area (Å²) in [6.07, 6.45) is 1.61. The maximum atomic E-state index is 12.7. The Balaban J connectivity index is 2.10. The second-order valence-corrected chi connectivity index (χ2v) is 4.24. The molecule has 0 radical (unpaired) electrons. The second-order valence-electron chi connectivity index (χ2n) is 4.24. The average molecular weight is 255 g/mol. The zero-order valence-electron chi connectivity index (χ0n) is 10.9. The smallest absolute Gasteiger partial charge is 0.123 e. The van der Waals surface area contributed by atoms with E-state index in [4.69, 9.17) is 4.74 Å². The number of hydrogen-bond acceptors (Lipinski definition) is 3. The highest BCUT2D eigenvalue weighted by atomic mass is 19.1. The van der Waals surface area contributed by atoms with Crippen molar-refractivity contribution in [2.24, 2.45) is 0 Å². The van der Waals surface area contributed by atoms with Crippen LogP contribution in [-0.2, 0) is 4.74 Å². The van der Waals surface area contributed by atoms with Crippen molar-refractivity contribution in [2.75, 3.05) is 26.3 Å². The highest BCUT2D eigenvalue weighted by Crippen LogP contribution is 2.12. The number of nitrogens with one attached hydrogen (secondary N) is 1. The summed E-state index contributed by atoms with van der Waals surface area (Å²) in [6, 6.07) is 5.90. The van der Waals surface area contributed by atoms with Crippen molar-refractivity contribution in [1.29, 1.82) is 0 Å². The summed E-state index contributed by atoms with van der Waals surface area (Å²) in [4.78, 5) is 0. The van der Waals surface area contributed by atoms with E-state index in [1.54, 1.807) is 12.1 Å². The van der Waals surface area contributed by atoms with Gasteiger partial charge in [-0.3, -0.25) is 0 Å². The molecular weight excluding hydrogens is 233 g/mol. The van der Waals surface area contributed by atoms with Gasteiger partial charge in [-0.2, -0.15) is 0 Å². The van der Waals surface area contributed by atoms with Crippen LogP contribution in [0.2, 0.25) is 0 Å². The molecule has 3 nitrogen and oxygen atoms in total. The zero-order valence-corrected chi connectivity index (χ0v) is 10.9. The summed E-state index contributed by atoms with van der Waals surface area (Å²) in [6.45, 7) is 4.72. The van der Waals surface area contributed by atoms with Gasteiger partial charge in [-0.25, -0.2) is 4.39 Å². The van der Waals surface area contributed by atoms with Crippen LogP contribution in [0, 0.1) is 5.82 Å². The van der Waals surface area contributed by atoms with E-state index in [2.05, 4.69) is 12.2 Å². The van der Waals surface area contributed by atoms with Crippen molar-refractivity contribution in [3.63, 3.8) is 0 Å². The van der Waals surface area contributed by atoms with Gasteiger partial charge in [0.15, 0.2) is 0 Å². The first-order valence-electron chi connectivity index (χ1n) is 6.46. The van der Waals surface area contributed by atoms with Crippen LogP contribution in [0.5, 0.6) is 0 Å². The molecule has 0 aliphatic carbocycles. The van der Waals surface area contributed by atoms with E-state index < -0.39 is 6.10 Å². The van der Waals surface area contributed by atoms with Crippen molar-refractivity contribution >= 4 is 0 Å². The van der Waals surface area contributed by atoms with Crippen LogP contribution in [0.15, 0.2) is 24.3 Å². The lowest BCUT2D eigenvalue weighted by Gasteiger charge is -2.12. The number of aliphatic hydroxyl groups is 1. The first kappa shape index (κ1) is 15.1. The molecule has 0 saturated heterocycles. The Kier molecular flexibility index (Phi) is 7.57. The molecule has 18 heavy (non-hydrogen) atoms. The van der Waals surface area contributed by atoms with Gasteiger partial charge in [0.25, 0.3) is 0 Å². The first-order chi connectivity index (χ1) is 8.74. The number of hydrogen-bond donors (Lipinski definition) is 2. The van der Waals surface area contributed by atoms with Crippen molar-refractivity contribution in [3.8, 4) is 0 Å². The third-order valence-corrected chi connectivity index (χ3v) is 2.66. The molecule has 1 aromatic carbocycles. The van der Waals surface area contributed by atoms with Gasteiger partial charge in [0.1, 0.15) is 5.82 Å². The molecule has 0 amide bonds. The van der Waals surface area contributed by atoms with Crippen LogP contribution < -0.4 is 5.32 Å². The zero-order chi connectivity index (χ0) is 13.2. The topological polar surface area (TPSA) is 41.5 Å². The molecule has 1 rings (SSSR count). The largest absolute Gasteiger partial charge is 0.387 e. The lowest BCUT2D eigenvalue weighted by molar-refractivity contribution is 0.125. The number of benzene rings is 1. The van der Waals surface area contributed by atoms with Crippen LogP contribution in [0.1, 0.15) is 31.4 Å². The number of ether oxygens (including phenoxy) is 1. The highest BCUT2D eigenvalue weighted by molar-refractivity contribution is 5.18. The SMILES string of the molecule is CCCCOCCNCC(O)c1ccc(F)cc1. The third kappa shape index (κ3) is 6.10. The Bertz CT molecular complexity index is 316. The molecule has 0 saturated carbocycles.